The van der Waals surface area contributed by atoms with Gasteiger partial charge in [-0.15, -0.1) is 0 Å². The number of carbonyl (C=O) groups is 1. The van der Waals surface area contributed by atoms with E-state index in [2.05, 4.69) is 37.3 Å². The zero-order valence-electron chi connectivity index (χ0n) is 14.4. The lowest BCUT2D eigenvalue weighted by Gasteiger charge is -2.03. The predicted molar refractivity (Wildman–Crippen MR) is 97.4 cm³/mol. The van der Waals surface area contributed by atoms with Crippen LogP contribution in [-0.4, -0.2) is 22.3 Å². The van der Waals surface area contributed by atoms with Crippen molar-refractivity contribution >= 4 is 5.97 Å². The van der Waals surface area contributed by atoms with Gasteiger partial charge in [-0.2, -0.15) is 0 Å². The van der Waals surface area contributed by atoms with Crippen LogP contribution >= 0.6 is 0 Å². The summed E-state index contributed by atoms with van der Waals surface area (Å²) in [7, 11) is 0. The third kappa shape index (κ3) is 18.3. The Morgan fingerprint density at radius 3 is 2.26 bits per heavy atom. The smallest absolute Gasteiger partial charge is 0.305 e. The molecule has 0 fully saturated rings. The van der Waals surface area contributed by atoms with E-state index in [-0.39, 0.29) is 6.42 Å². The molecule has 1 atom stereocenters. The van der Waals surface area contributed by atoms with E-state index in [4.69, 9.17) is 5.11 Å². The molecule has 0 bridgehead atoms. The molecule has 0 aliphatic heterocycles. The zero-order valence-corrected chi connectivity index (χ0v) is 14.4. The van der Waals surface area contributed by atoms with E-state index >= 15 is 0 Å². The minimum atomic E-state index is -0.955. The molecular formula is C20H32O3. The quantitative estimate of drug-likeness (QED) is 0.263. The second-order valence-electron chi connectivity index (χ2n) is 5.60. The van der Waals surface area contributed by atoms with Gasteiger partial charge < -0.3 is 10.2 Å². The molecule has 0 saturated carbocycles. The molecule has 0 aromatic heterocycles. The summed E-state index contributed by atoms with van der Waals surface area (Å²) < 4.78 is 0. The highest BCUT2D eigenvalue weighted by molar-refractivity contribution is 5.67. The highest BCUT2D eigenvalue weighted by Gasteiger charge is 2.07. The summed E-state index contributed by atoms with van der Waals surface area (Å²) in [5, 5.41) is 17.9. The molecule has 0 rings (SSSR count). The lowest BCUT2D eigenvalue weighted by Crippen LogP contribution is -2.11. The SMILES string of the molecule is CCCCC/C=C\C/C=C\C/C=C\C=C\CCC(O)CC(=O)O. The molecule has 0 aliphatic carbocycles. The summed E-state index contributed by atoms with van der Waals surface area (Å²) in [4.78, 5) is 10.4. The largest absolute Gasteiger partial charge is 0.481 e. The summed E-state index contributed by atoms with van der Waals surface area (Å²) in [5.74, 6) is -0.955. The van der Waals surface area contributed by atoms with E-state index in [1.54, 1.807) is 0 Å². The van der Waals surface area contributed by atoms with E-state index < -0.39 is 12.1 Å². The Balaban J connectivity index is 3.53. The number of carboxylic acids is 1. The molecular weight excluding hydrogens is 288 g/mol. The van der Waals surface area contributed by atoms with Crippen LogP contribution in [-0.2, 0) is 4.79 Å². The number of aliphatic hydroxyl groups is 1. The highest BCUT2D eigenvalue weighted by Crippen LogP contribution is 2.03. The molecule has 3 heteroatoms. The van der Waals surface area contributed by atoms with Crippen LogP contribution in [0.5, 0.6) is 0 Å². The summed E-state index contributed by atoms with van der Waals surface area (Å²) in [6.07, 6.45) is 24.0. The van der Waals surface area contributed by atoms with E-state index in [9.17, 15) is 9.90 Å². The summed E-state index contributed by atoms with van der Waals surface area (Å²) in [6, 6.07) is 0. The van der Waals surface area contributed by atoms with Gasteiger partial charge in [-0.1, -0.05) is 68.4 Å². The maximum Gasteiger partial charge on any atom is 0.305 e. The standard InChI is InChI=1S/C20H32O3/c1-2-3-4-5-6-7-8-9-10-11-12-13-14-15-16-17-19(21)18-20(22)23/h6-7,9-10,12-15,19,21H,2-5,8,11,16-18H2,1H3,(H,22,23)/b7-6-,10-9-,13-12-,15-14+. The molecule has 23 heavy (non-hydrogen) atoms. The molecule has 0 spiro atoms. The monoisotopic (exact) mass is 320 g/mol. The van der Waals surface area contributed by atoms with Crippen molar-refractivity contribution in [1.29, 1.82) is 0 Å². The molecule has 3 nitrogen and oxygen atoms in total. The highest BCUT2D eigenvalue weighted by atomic mass is 16.4. The lowest BCUT2D eigenvalue weighted by atomic mass is 10.1. The number of unbranched alkanes of at least 4 members (excludes halogenated alkanes) is 3. The molecule has 130 valence electrons. The Labute approximate surface area is 141 Å². The van der Waals surface area contributed by atoms with Crippen LogP contribution in [0, 0.1) is 0 Å². The summed E-state index contributed by atoms with van der Waals surface area (Å²) in [6.45, 7) is 2.22. The van der Waals surface area contributed by atoms with Gasteiger partial charge in [-0.3, -0.25) is 4.79 Å². The molecule has 0 aromatic rings. The predicted octanol–water partition coefficient (Wildman–Crippen LogP) is 5.19. The second kappa shape index (κ2) is 16.8. The first-order valence-electron chi connectivity index (χ1n) is 8.68. The van der Waals surface area contributed by atoms with Gasteiger partial charge in [0.05, 0.1) is 12.5 Å². The minimum Gasteiger partial charge on any atom is -0.481 e. The fourth-order valence-corrected chi connectivity index (χ4v) is 2.00. The fourth-order valence-electron chi connectivity index (χ4n) is 2.00. The van der Waals surface area contributed by atoms with E-state index in [0.717, 1.165) is 12.8 Å². The Morgan fingerprint density at radius 1 is 0.913 bits per heavy atom. The van der Waals surface area contributed by atoms with Crippen molar-refractivity contribution in [3.63, 3.8) is 0 Å². The van der Waals surface area contributed by atoms with Gasteiger partial charge in [0.25, 0.3) is 0 Å². The number of hydrogen-bond donors (Lipinski definition) is 2. The fraction of sp³-hybridized carbons (Fsp3) is 0.550. The Morgan fingerprint density at radius 2 is 1.57 bits per heavy atom. The average molecular weight is 320 g/mol. The molecule has 0 heterocycles. The van der Waals surface area contributed by atoms with Gasteiger partial charge in [-0.25, -0.2) is 0 Å². The number of rotatable bonds is 14. The van der Waals surface area contributed by atoms with Crippen molar-refractivity contribution in [1.82, 2.24) is 0 Å². The van der Waals surface area contributed by atoms with Crippen LogP contribution in [0.1, 0.15) is 64.7 Å². The Hall–Kier alpha value is -1.61. The number of allylic oxidation sites excluding steroid dienone is 8. The Kier molecular flexibility index (Phi) is 15.6. The minimum absolute atomic E-state index is 0.179. The van der Waals surface area contributed by atoms with Gasteiger partial charge in [0, 0.05) is 0 Å². The molecule has 0 saturated heterocycles. The molecule has 0 amide bonds. The second-order valence-corrected chi connectivity index (χ2v) is 5.60. The number of hydrogen-bond acceptors (Lipinski definition) is 2. The third-order valence-corrected chi connectivity index (χ3v) is 3.31. The van der Waals surface area contributed by atoms with Crippen LogP contribution in [0.25, 0.3) is 0 Å². The van der Waals surface area contributed by atoms with Gasteiger partial charge >= 0.3 is 5.97 Å². The Bertz CT molecular complexity index is 392. The van der Waals surface area contributed by atoms with Crippen molar-refractivity contribution in [2.45, 2.75) is 70.8 Å². The molecule has 0 radical (unpaired) electrons. The van der Waals surface area contributed by atoms with Gasteiger partial charge in [0.15, 0.2) is 0 Å². The zero-order chi connectivity index (χ0) is 17.2. The van der Waals surface area contributed by atoms with Crippen LogP contribution in [0.2, 0.25) is 0 Å². The molecule has 0 aliphatic rings. The van der Waals surface area contributed by atoms with E-state index in [1.807, 2.05) is 18.2 Å². The first kappa shape index (κ1) is 21.4. The van der Waals surface area contributed by atoms with Crippen molar-refractivity contribution in [2.75, 3.05) is 0 Å². The molecule has 1 unspecified atom stereocenters. The van der Waals surface area contributed by atoms with Gasteiger partial charge in [0.1, 0.15) is 0 Å². The van der Waals surface area contributed by atoms with Crippen LogP contribution < -0.4 is 0 Å². The molecule has 0 aromatic carbocycles. The maximum absolute atomic E-state index is 10.4. The lowest BCUT2D eigenvalue weighted by molar-refractivity contribution is -0.139. The average Bonchev–Trinajstić information content (AvgIpc) is 2.50. The third-order valence-electron chi connectivity index (χ3n) is 3.31. The van der Waals surface area contributed by atoms with Crippen molar-refractivity contribution in [3.05, 3.63) is 48.6 Å². The normalized spacial score (nSPS) is 13.8. The first-order valence-corrected chi connectivity index (χ1v) is 8.68. The van der Waals surface area contributed by atoms with E-state index in [0.29, 0.717) is 12.8 Å². The summed E-state index contributed by atoms with van der Waals surface area (Å²) >= 11 is 0. The maximum atomic E-state index is 10.4. The van der Waals surface area contributed by atoms with Crippen LogP contribution in [0.3, 0.4) is 0 Å². The topological polar surface area (TPSA) is 57.5 Å². The molecule has 2 N–H and O–H groups in total. The van der Waals surface area contributed by atoms with Gasteiger partial charge in [0.2, 0.25) is 0 Å². The number of aliphatic hydroxyl groups excluding tert-OH is 1. The van der Waals surface area contributed by atoms with E-state index in [1.165, 1.54) is 25.7 Å². The first-order chi connectivity index (χ1) is 11.2. The van der Waals surface area contributed by atoms with Crippen molar-refractivity contribution in [3.8, 4) is 0 Å². The van der Waals surface area contributed by atoms with Crippen LogP contribution in [0.15, 0.2) is 48.6 Å². The van der Waals surface area contributed by atoms with Gasteiger partial charge in [-0.05, 0) is 38.5 Å². The van der Waals surface area contributed by atoms with Crippen LogP contribution in [0.4, 0.5) is 0 Å². The summed E-state index contributed by atoms with van der Waals surface area (Å²) in [5.41, 5.74) is 0. The van der Waals surface area contributed by atoms with Crippen molar-refractivity contribution < 1.29 is 15.0 Å². The van der Waals surface area contributed by atoms with Crippen molar-refractivity contribution in [2.24, 2.45) is 0 Å². The number of carboxylic acid groups (broad SMARTS) is 1. The number of aliphatic carboxylic acids is 1.